The maximum Gasteiger partial charge on any atom is 0.410 e. The van der Waals surface area contributed by atoms with Crippen LogP contribution in [0.4, 0.5) is 10.6 Å². The fourth-order valence-electron chi connectivity index (χ4n) is 4.64. The van der Waals surface area contributed by atoms with Crippen LogP contribution in [0.2, 0.25) is 0 Å². The molecule has 0 radical (unpaired) electrons. The molecule has 4 aromatic rings. The molecule has 0 spiro atoms. The molecule has 0 unspecified atom stereocenters. The van der Waals surface area contributed by atoms with Gasteiger partial charge < -0.3 is 14.5 Å². The van der Waals surface area contributed by atoms with Crippen molar-refractivity contribution in [3.05, 3.63) is 61.1 Å². The Bertz CT molecular complexity index is 1390. The fraction of sp³-hybridized carbons (Fsp3) is 0.370. The van der Waals surface area contributed by atoms with E-state index in [2.05, 4.69) is 43.6 Å². The average Bonchev–Trinajstić information content (AvgIpc) is 3.24. The van der Waals surface area contributed by atoms with Gasteiger partial charge in [-0.3, -0.25) is 14.5 Å². The summed E-state index contributed by atoms with van der Waals surface area (Å²) in [5.74, 6) is 0.842. The van der Waals surface area contributed by atoms with Crippen LogP contribution in [0.1, 0.15) is 33.3 Å². The number of carbonyl (C=O) groups excluding carboxylic acids is 1. The number of aromatic nitrogens is 5. The van der Waals surface area contributed by atoms with E-state index in [0.29, 0.717) is 19.6 Å². The Morgan fingerprint density at radius 1 is 1.11 bits per heavy atom. The van der Waals surface area contributed by atoms with Gasteiger partial charge in [0, 0.05) is 61.6 Å². The third-order valence-corrected chi connectivity index (χ3v) is 6.23. The highest BCUT2D eigenvalue weighted by atomic mass is 16.6. The monoisotopic (exact) mass is 485 g/mol. The van der Waals surface area contributed by atoms with Gasteiger partial charge >= 0.3 is 6.09 Å². The number of pyridine rings is 2. The average molecular weight is 486 g/mol. The smallest absolute Gasteiger partial charge is 0.410 e. The van der Waals surface area contributed by atoms with Crippen molar-refractivity contribution in [1.29, 1.82) is 0 Å². The zero-order valence-corrected chi connectivity index (χ0v) is 21.3. The molecule has 36 heavy (non-hydrogen) atoms. The lowest BCUT2D eigenvalue weighted by Gasteiger charge is -2.41. The molecule has 0 saturated carbocycles. The number of fused-ring (bicyclic) bond motifs is 1. The van der Waals surface area contributed by atoms with E-state index in [1.54, 1.807) is 17.4 Å². The SMILES string of the molecule is Cc1cncc(-n2cc(-c3cccnc3)c3c(N4CCN(C(=O)OC(C)(C)C)C[C@@H]4C)ncnc32)c1. The maximum absolute atomic E-state index is 12.7. The van der Waals surface area contributed by atoms with Gasteiger partial charge in [-0.1, -0.05) is 6.07 Å². The Kier molecular flexibility index (Phi) is 6.07. The number of anilines is 1. The van der Waals surface area contributed by atoms with Crippen LogP contribution in [-0.2, 0) is 4.74 Å². The molecule has 0 aliphatic carbocycles. The molecule has 9 nitrogen and oxygen atoms in total. The van der Waals surface area contributed by atoms with E-state index in [1.165, 1.54) is 0 Å². The molecule has 186 valence electrons. The first kappa shape index (κ1) is 23.7. The predicted molar refractivity (Wildman–Crippen MR) is 139 cm³/mol. The number of piperazine rings is 1. The minimum absolute atomic E-state index is 0.0371. The van der Waals surface area contributed by atoms with Crippen LogP contribution in [0, 0.1) is 6.92 Å². The summed E-state index contributed by atoms with van der Waals surface area (Å²) in [6.45, 7) is 11.5. The summed E-state index contributed by atoms with van der Waals surface area (Å²) in [7, 11) is 0. The van der Waals surface area contributed by atoms with Crippen LogP contribution in [0.3, 0.4) is 0 Å². The molecule has 1 aliphatic heterocycles. The van der Waals surface area contributed by atoms with Crippen molar-refractivity contribution in [1.82, 2.24) is 29.4 Å². The van der Waals surface area contributed by atoms with E-state index in [-0.39, 0.29) is 12.1 Å². The van der Waals surface area contributed by atoms with E-state index in [9.17, 15) is 4.79 Å². The van der Waals surface area contributed by atoms with Gasteiger partial charge in [0.05, 0.1) is 17.3 Å². The summed E-state index contributed by atoms with van der Waals surface area (Å²) in [5.41, 5.74) is 4.26. The standard InChI is InChI=1S/C27H31N7O2/c1-18-11-21(14-29-12-18)34-16-22(20-7-6-8-28-13-20)23-24(30-17-31-25(23)34)33-10-9-32(15-19(33)2)26(35)36-27(3,4)5/h6-8,11-14,16-17,19H,9-10,15H2,1-5H3/t19-/m0/s1. The normalized spacial score (nSPS) is 16.4. The molecule has 0 bridgehead atoms. The van der Waals surface area contributed by atoms with Gasteiger partial charge in [0.25, 0.3) is 0 Å². The molecule has 5 rings (SSSR count). The van der Waals surface area contributed by atoms with Crippen molar-refractivity contribution in [3.8, 4) is 16.8 Å². The number of hydrogen-bond donors (Lipinski definition) is 0. The minimum Gasteiger partial charge on any atom is -0.444 e. The lowest BCUT2D eigenvalue weighted by molar-refractivity contribution is 0.0218. The van der Waals surface area contributed by atoms with E-state index < -0.39 is 5.60 Å². The Balaban J connectivity index is 1.58. The summed E-state index contributed by atoms with van der Waals surface area (Å²) in [6.07, 6.45) is 10.7. The number of ether oxygens (including phenoxy) is 1. The van der Waals surface area contributed by atoms with Crippen molar-refractivity contribution in [2.24, 2.45) is 0 Å². The van der Waals surface area contributed by atoms with E-state index in [4.69, 9.17) is 9.72 Å². The van der Waals surface area contributed by atoms with Gasteiger partial charge in [-0.2, -0.15) is 0 Å². The van der Waals surface area contributed by atoms with Crippen molar-refractivity contribution >= 4 is 22.9 Å². The van der Waals surface area contributed by atoms with Gasteiger partial charge in [0.15, 0.2) is 5.65 Å². The molecule has 1 saturated heterocycles. The second-order valence-corrected chi connectivity index (χ2v) is 10.2. The van der Waals surface area contributed by atoms with Gasteiger partial charge in [0.2, 0.25) is 0 Å². The van der Waals surface area contributed by atoms with Gasteiger partial charge in [-0.25, -0.2) is 14.8 Å². The highest BCUT2D eigenvalue weighted by Crippen LogP contribution is 2.37. The Morgan fingerprint density at radius 2 is 1.94 bits per heavy atom. The first-order valence-corrected chi connectivity index (χ1v) is 12.1. The molecule has 0 aromatic carbocycles. The molecule has 1 atom stereocenters. The highest BCUT2D eigenvalue weighted by molar-refractivity contribution is 6.02. The van der Waals surface area contributed by atoms with Crippen LogP contribution in [0.5, 0.6) is 0 Å². The summed E-state index contributed by atoms with van der Waals surface area (Å²) in [4.78, 5) is 34.9. The van der Waals surface area contributed by atoms with E-state index >= 15 is 0 Å². The molecule has 0 N–H and O–H groups in total. The van der Waals surface area contributed by atoms with E-state index in [1.807, 2.05) is 58.4 Å². The number of aryl methyl sites for hydroxylation is 1. The van der Waals surface area contributed by atoms with Crippen molar-refractivity contribution in [2.75, 3.05) is 24.5 Å². The number of carbonyl (C=O) groups is 1. The Morgan fingerprint density at radius 3 is 2.64 bits per heavy atom. The summed E-state index contributed by atoms with van der Waals surface area (Å²) >= 11 is 0. The summed E-state index contributed by atoms with van der Waals surface area (Å²) in [5, 5.41) is 0.949. The number of nitrogens with zero attached hydrogens (tertiary/aromatic N) is 7. The van der Waals surface area contributed by atoms with Crippen LogP contribution in [0.15, 0.2) is 55.5 Å². The lowest BCUT2D eigenvalue weighted by Crippen LogP contribution is -2.54. The van der Waals surface area contributed by atoms with Crippen molar-refractivity contribution in [2.45, 2.75) is 46.3 Å². The molecule has 1 amide bonds. The molecular formula is C27H31N7O2. The first-order chi connectivity index (χ1) is 17.2. The van der Waals surface area contributed by atoms with Crippen LogP contribution in [-0.4, -0.2) is 66.8 Å². The largest absolute Gasteiger partial charge is 0.444 e. The molecule has 4 aromatic heterocycles. The summed E-state index contributed by atoms with van der Waals surface area (Å²) < 4.78 is 7.66. The molecular weight excluding hydrogens is 454 g/mol. The van der Waals surface area contributed by atoms with Gasteiger partial charge in [-0.05, 0) is 52.3 Å². The zero-order chi connectivity index (χ0) is 25.4. The summed E-state index contributed by atoms with van der Waals surface area (Å²) in [6, 6.07) is 6.10. The zero-order valence-electron chi connectivity index (χ0n) is 21.3. The molecule has 1 fully saturated rings. The Labute approximate surface area is 210 Å². The van der Waals surface area contributed by atoms with Crippen molar-refractivity contribution < 1.29 is 9.53 Å². The van der Waals surface area contributed by atoms with Crippen LogP contribution >= 0.6 is 0 Å². The van der Waals surface area contributed by atoms with Crippen LogP contribution < -0.4 is 4.90 Å². The third kappa shape index (κ3) is 4.60. The minimum atomic E-state index is -0.525. The van der Waals surface area contributed by atoms with Crippen LogP contribution in [0.25, 0.3) is 27.8 Å². The second kappa shape index (κ2) is 9.22. The second-order valence-electron chi connectivity index (χ2n) is 10.2. The fourth-order valence-corrected chi connectivity index (χ4v) is 4.64. The topological polar surface area (TPSA) is 89.3 Å². The number of rotatable bonds is 3. The third-order valence-electron chi connectivity index (χ3n) is 6.23. The number of hydrogen-bond acceptors (Lipinski definition) is 7. The lowest BCUT2D eigenvalue weighted by atomic mass is 10.1. The number of amides is 1. The van der Waals surface area contributed by atoms with E-state index in [0.717, 1.165) is 39.2 Å². The molecule has 9 heteroatoms. The van der Waals surface area contributed by atoms with Crippen molar-refractivity contribution in [3.63, 3.8) is 0 Å². The maximum atomic E-state index is 12.7. The first-order valence-electron chi connectivity index (χ1n) is 12.1. The van der Waals surface area contributed by atoms with Gasteiger partial charge in [0.1, 0.15) is 17.7 Å². The predicted octanol–water partition coefficient (Wildman–Crippen LogP) is 4.63. The Hall–Kier alpha value is -4.01. The van der Waals surface area contributed by atoms with Gasteiger partial charge in [-0.15, -0.1) is 0 Å². The highest BCUT2D eigenvalue weighted by Gasteiger charge is 2.32. The molecule has 5 heterocycles. The quantitative estimate of drug-likeness (QED) is 0.418. The molecule has 1 aliphatic rings.